The Morgan fingerprint density at radius 2 is 1.64 bits per heavy atom. The number of benzene rings is 2. The van der Waals surface area contributed by atoms with Crippen LogP contribution in [-0.4, -0.2) is 31.1 Å². The zero-order chi connectivity index (χ0) is 19.6. The number of alkyl carbamates (subject to hydrolysis) is 1. The van der Waals surface area contributed by atoms with Gasteiger partial charge in [-0.25, -0.2) is 4.79 Å². The van der Waals surface area contributed by atoms with Gasteiger partial charge in [0.25, 0.3) is 0 Å². The Kier molecular flexibility index (Phi) is 7.62. The summed E-state index contributed by atoms with van der Waals surface area (Å²) in [7, 11) is 0. The van der Waals surface area contributed by atoms with Gasteiger partial charge in [-0.2, -0.15) is 0 Å². The zero-order valence-electron chi connectivity index (χ0n) is 16.0. The van der Waals surface area contributed by atoms with E-state index in [9.17, 15) is 9.59 Å². The highest BCUT2D eigenvalue weighted by Crippen LogP contribution is 2.33. The van der Waals surface area contributed by atoms with E-state index < -0.39 is 12.1 Å². The highest BCUT2D eigenvalue weighted by molar-refractivity contribution is 5.73. The van der Waals surface area contributed by atoms with E-state index in [1.807, 2.05) is 36.4 Å². The first kappa shape index (κ1) is 20.1. The quantitative estimate of drug-likeness (QED) is 0.695. The summed E-state index contributed by atoms with van der Waals surface area (Å²) >= 11 is 0. The number of carbonyl (C=O) groups is 2. The van der Waals surface area contributed by atoms with Gasteiger partial charge in [-0.3, -0.25) is 0 Å². The minimum atomic E-state index is -0.699. The number of nitrogens with one attached hydrogen (secondary N) is 1. The maximum Gasteiger partial charge on any atom is 0.408 e. The third kappa shape index (κ3) is 6.20. The molecular formula is C23H27NO4. The second kappa shape index (κ2) is 10.6. The van der Waals surface area contributed by atoms with Crippen LogP contribution in [-0.2, 0) is 20.9 Å². The molecule has 0 aromatic heterocycles. The summed E-state index contributed by atoms with van der Waals surface area (Å²) < 4.78 is 11.0. The molecule has 2 aromatic rings. The van der Waals surface area contributed by atoms with Gasteiger partial charge in [-0.15, -0.1) is 0 Å². The number of carbonyl (C=O) groups excluding carboxylic acids is 2. The van der Waals surface area contributed by atoms with Gasteiger partial charge in [0.2, 0.25) is 0 Å². The predicted octanol–water partition coefficient (Wildman–Crippen LogP) is 4.22. The van der Waals surface area contributed by atoms with E-state index in [0.717, 1.165) is 31.2 Å². The van der Waals surface area contributed by atoms with E-state index in [0.29, 0.717) is 12.2 Å². The molecule has 1 aliphatic rings. The molecule has 1 saturated carbocycles. The van der Waals surface area contributed by atoms with Gasteiger partial charge in [0.15, 0.2) is 0 Å². The maximum absolute atomic E-state index is 11.9. The van der Waals surface area contributed by atoms with Crippen LogP contribution in [0.3, 0.4) is 0 Å². The van der Waals surface area contributed by atoms with Crippen molar-refractivity contribution in [3.63, 3.8) is 0 Å². The summed E-state index contributed by atoms with van der Waals surface area (Å²) in [5, 5.41) is 2.56. The highest BCUT2D eigenvalue weighted by Gasteiger charge is 2.24. The Bertz CT molecular complexity index is 727. The van der Waals surface area contributed by atoms with Gasteiger partial charge in [-0.05, 0) is 42.7 Å². The molecule has 1 aliphatic carbocycles. The van der Waals surface area contributed by atoms with Crippen LogP contribution in [0.1, 0.15) is 42.7 Å². The molecule has 0 saturated heterocycles. The third-order valence-corrected chi connectivity index (χ3v) is 5.14. The van der Waals surface area contributed by atoms with Gasteiger partial charge in [0, 0.05) is 0 Å². The molecule has 0 bridgehead atoms. The first-order valence-corrected chi connectivity index (χ1v) is 9.83. The first-order chi connectivity index (χ1) is 13.7. The lowest BCUT2D eigenvalue weighted by atomic mass is 9.83. The highest BCUT2D eigenvalue weighted by atomic mass is 16.5. The van der Waals surface area contributed by atoms with Gasteiger partial charge in [-0.1, -0.05) is 60.7 Å². The van der Waals surface area contributed by atoms with Crippen molar-refractivity contribution < 1.29 is 19.1 Å². The van der Waals surface area contributed by atoms with Crippen LogP contribution in [0.25, 0.3) is 0 Å². The molecule has 0 radical (unpaired) electrons. The molecule has 148 valence electrons. The van der Waals surface area contributed by atoms with Crippen molar-refractivity contribution >= 4 is 12.4 Å². The molecule has 1 N–H and O–H groups in total. The Morgan fingerprint density at radius 1 is 1.00 bits per heavy atom. The predicted molar refractivity (Wildman–Crippen MR) is 107 cm³/mol. The lowest BCUT2D eigenvalue weighted by molar-refractivity contribution is -0.111. The number of hydrogen-bond donors (Lipinski definition) is 1. The second-order valence-electron chi connectivity index (χ2n) is 7.17. The molecule has 0 spiro atoms. The number of aldehydes is 1. The average molecular weight is 381 g/mol. The fourth-order valence-corrected chi connectivity index (χ4v) is 3.56. The Balaban J connectivity index is 1.36. The van der Waals surface area contributed by atoms with Crippen LogP contribution in [0.2, 0.25) is 0 Å². The number of ether oxygens (including phenoxy) is 2. The summed E-state index contributed by atoms with van der Waals surface area (Å²) in [6.07, 6.45) is 4.29. The lowest BCUT2D eigenvalue weighted by Gasteiger charge is -2.29. The molecule has 5 heteroatoms. The maximum atomic E-state index is 11.9. The zero-order valence-corrected chi connectivity index (χ0v) is 16.0. The van der Waals surface area contributed by atoms with Crippen LogP contribution in [0.5, 0.6) is 0 Å². The van der Waals surface area contributed by atoms with E-state index in [1.165, 1.54) is 5.56 Å². The molecule has 5 nitrogen and oxygen atoms in total. The summed E-state index contributed by atoms with van der Waals surface area (Å²) in [4.78, 5) is 23.2. The third-order valence-electron chi connectivity index (χ3n) is 5.14. The van der Waals surface area contributed by atoms with Crippen LogP contribution in [0, 0.1) is 0 Å². The molecule has 0 unspecified atom stereocenters. The number of amides is 1. The van der Waals surface area contributed by atoms with Crippen molar-refractivity contribution in [1.29, 1.82) is 0 Å². The Hall–Kier alpha value is -2.66. The molecule has 0 heterocycles. The van der Waals surface area contributed by atoms with E-state index >= 15 is 0 Å². The SMILES string of the molecule is O=C[C@H](COC1CCC(c2ccccc2)CC1)NC(=O)OCc1ccccc1. The summed E-state index contributed by atoms with van der Waals surface area (Å²) in [6.45, 7) is 0.340. The van der Waals surface area contributed by atoms with E-state index in [1.54, 1.807) is 0 Å². The number of hydrogen-bond acceptors (Lipinski definition) is 4. The molecule has 0 aliphatic heterocycles. The molecule has 3 rings (SSSR count). The van der Waals surface area contributed by atoms with Crippen molar-refractivity contribution in [1.82, 2.24) is 5.32 Å². The minimum Gasteiger partial charge on any atom is -0.445 e. The van der Waals surface area contributed by atoms with Crippen LogP contribution in [0.4, 0.5) is 4.79 Å². The summed E-state index contributed by atoms with van der Waals surface area (Å²) in [5.41, 5.74) is 2.28. The minimum absolute atomic E-state index is 0.129. The van der Waals surface area contributed by atoms with Crippen molar-refractivity contribution in [2.75, 3.05) is 6.61 Å². The van der Waals surface area contributed by atoms with Crippen LogP contribution in [0.15, 0.2) is 60.7 Å². The standard InChI is InChI=1S/C23H27NO4/c25-15-21(24-23(26)28-16-18-7-3-1-4-8-18)17-27-22-13-11-20(12-14-22)19-9-5-2-6-10-19/h1-10,15,20-22H,11-14,16-17H2,(H,24,26)/t20?,21-,22?/m1/s1. The molecule has 1 atom stereocenters. The molecule has 28 heavy (non-hydrogen) atoms. The van der Waals surface area contributed by atoms with Gasteiger partial charge < -0.3 is 19.6 Å². The van der Waals surface area contributed by atoms with Gasteiger partial charge in [0.1, 0.15) is 18.9 Å². The lowest BCUT2D eigenvalue weighted by Crippen LogP contribution is -2.40. The largest absolute Gasteiger partial charge is 0.445 e. The van der Waals surface area contributed by atoms with Crippen LogP contribution < -0.4 is 5.32 Å². The smallest absolute Gasteiger partial charge is 0.408 e. The molecule has 1 amide bonds. The van der Waals surface area contributed by atoms with E-state index in [4.69, 9.17) is 9.47 Å². The molecular weight excluding hydrogens is 354 g/mol. The fourth-order valence-electron chi connectivity index (χ4n) is 3.56. The summed E-state index contributed by atoms with van der Waals surface area (Å²) in [5.74, 6) is 0.578. The van der Waals surface area contributed by atoms with Crippen molar-refractivity contribution in [3.05, 3.63) is 71.8 Å². The van der Waals surface area contributed by atoms with Gasteiger partial charge >= 0.3 is 6.09 Å². The van der Waals surface area contributed by atoms with Gasteiger partial charge in [0.05, 0.1) is 12.7 Å². The first-order valence-electron chi connectivity index (χ1n) is 9.83. The topological polar surface area (TPSA) is 64.6 Å². The number of rotatable bonds is 8. The van der Waals surface area contributed by atoms with E-state index in [-0.39, 0.29) is 19.3 Å². The monoisotopic (exact) mass is 381 g/mol. The molecule has 1 fully saturated rings. The van der Waals surface area contributed by atoms with E-state index in [2.05, 4.69) is 29.6 Å². The Labute approximate surface area is 166 Å². The van der Waals surface area contributed by atoms with Crippen molar-refractivity contribution in [2.24, 2.45) is 0 Å². The average Bonchev–Trinajstić information content (AvgIpc) is 2.77. The second-order valence-corrected chi connectivity index (χ2v) is 7.17. The van der Waals surface area contributed by atoms with Crippen molar-refractivity contribution in [2.45, 2.75) is 50.4 Å². The normalized spacial score (nSPS) is 20.1. The van der Waals surface area contributed by atoms with Crippen molar-refractivity contribution in [3.8, 4) is 0 Å². The van der Waals surface area contributed by atoms with Crippen LogP contribution >= 0.6 is 0 Å². The molecule has 2 aromatic carbocycles. The summed E-state index contributed by atoms with van der Waals surface area (Å²) in [6, 6.07) is 19.3. The Morgan fingerprint density at radius 3 is 2.29 bits per heavy atom. The fraction of sp³-hybridized carbons (Fsp3) is 0.391.